The number of aromatic nitrogens is 3. The molecule has 0 spiro atoms. The average molecular weight is 382 g/mol. The molecule has 0 atom stereocenters. The van der Waals surface area contributed by atoms with Crippen LogP contribution in [0.3, 0.4) is 0 Å². The van der Waals surface area contributed by atoms with Gasteiger partial charge in [-0.25, -0.2) is 4.98 Å². The second kappa shape index (κ2) is 7.20. The minimum absolute atomic E-state index is 0.258. The first-order valence-corrected chi connectivity index (χ1v) is 10.3. The van der Waals surface area contributed by atoms with Gasteiger partial charge in [0, 0.05) is 54.9 Å². The SMILES string of the molecule is CC(C)N1CCC(N2Cc3nn(C(C)C)cc3C(=N)c3c(N)ccnc32)CC1. The van der Waals surface area contributed by atoms with Crippen molar-refractivity contribution in [1.29, 1.82) is 5.41 Å². The van der Waals surface area contributed by atoms with Gasteiger partial charge in [-0.3, -0.25) is 10.1 Å². The summed E-state index contributed by atoms with van der Waals surface area (Å²) in [7, 11) is 0. The van der Waals surface area contributed by atoms with Crippen molar-refractivity contribution in [3.05, 3.63) is 35.3 Å². The first-order valence-electron chi connectivity index (χ1n) is 10.3. The molecule has 2 aliphatic heterocycles. The van der Waals surface area contributed by atoms with Gasteiger partial charge in [0.1, 0.15) is 5.82 Å². The Morgan fingerprint density at radius 3 is 2.50 bits per heavy atom. The van der Waals surface area contributed by atoms with E-state index in [-0.39, 0.29) is 6.04 Å². The first kappa shape index (κ1) is 18.9. The molecular formula is C21H31N7. The van der Waals surface area contributed by atoms with Gasteiger partial charge in [-0.1, -0.05) is 0 Å². The van der Waals surface area contributed by atoms with E-state index in [1.165, 1.54) is 0 Å². The van der Waals surface area contributed by atoms with Crippen molar-refractivity contribution in [1.82, 2.24) is 19.7 Å². The van der Waals surface area contributed by atoms with Crippen LogP contribution in [0.15, 0.2) is 18.5 Å². The number of nitrogens with one attached hydrogen (secondary N) is 1. The number of fused-ring (bicyclic) bond motifs is 2. The number of anilines is 2. The number of nitrogens with two attached hydrogens (primary N) is 1. The molecule has 1 saturated heterocycles. The molecule has 28 heavy (non-hydrogen) atoms. The van der Waals surface area contributed by atoms with E-state index in [0.29, 0.717) is 30.0 Å². The van der Waals surface area contributed by atoms with Gasteiger partial charge in [0.2, 0.25) is 0 Å². The van der Waals surface area contributed by atoms with Crippen molar-refractivity contribution in [2.75, 3.05) is 23.7 Å². The highest BCUT2D eigenvalue weighted by Gasteiger charge is 2.34. The van der Waals surface area contributed by atoms with E-state index in [0.717, 1.165) is 48.6 Å². The van der Waals surface area contributed by atoms with Crippen LogP contribution in [0.2, 0.25) is 0 Å². The maximum atomic E-state index is 8.87. The third-order valence-electron chi connectivity index (χ3n) is 6.08. The molecule has 150 valence electrons. The zero-order valence-electron chi connectivity index (χ0n) is 17.3. The fraction of sp³-hybridized carbons (Fsp3) is 0.571. The number of hydrogen-bond donors (Lipinski definition) is 2. The fourth-order valence-corrected chi connectivity index (χ4v) is 4.34. The Balaban J connectivity index is 1.75. The van der Waals surface area contributed by atoms with Crippen LogP contribution in [0.5, 0.6) is 0 Å². The van der Waals surface area contributed by atoms with E-state index < -0.39 is 0 Å². The Kier molecular flexibility index (Phi) is 4.87. The lowest BCUT2D eigenvalue weighted by Crippen LogP contribution is -2.47. The third kappa shape index (κ3) is 3.17. The summed E-state index contributed by atoms with van der Waals surface area (Å²) in [5, 5.41) is 13.7. The highest BCUT2D eigenvalue weighted by atomic mass is 15.3. The van der Waals surface area contributed by atoms with Crippen molar-refractivity contribution in [2.24, 2.45) is 0 Å². The Morgan fingerprint density at radius 1 is 1.14 bits per heavy atom. The van der Waals surface area contributed by atoms with E-state index in [4.69, 9.17) is 16.2 Å². The quantitative estimate of drug-likeness (QED) is 0.853. The van der Waals surface area contributed by atoms with Crippen molar-refractivity contribution in [2.45, 2.75) is 65.2 Å². The molecule has 7 nitrogen and oxygen atoms in total. The zero-order chi connectivity index (χ0) is 20.0. The molecule has 0 aromatic carbocycles. The van der Waals surface area contributed by atoms with Gasteiger partial charge < -0.3 is 15.5 Å². The number of hydrogen-bond acceptors (Lipinski definition) is 6. The number of pyridine rings is 1. The Labute approximate surface area is 167 Å². The van der Waals surface area contributed by atoms with Crippen molar-refractivity contribution >= 4 is 17.2 Å². The van der Waals surface area contributed by atoms with Gasteiger partial charge in [-0.15, -0.1) is 0 Å². The molecule has 2 aliphatic rings. The molecular weight excluding hydrogens is 350 g/mol. The molecule has 2 aromatic heterocycles. The van der Waals surface area contributed by atoms with Crippen LogP contribution in [-0.2, 0) is 6.54 Å². The lowest BCUT2D eigenvalue weighted by molar-refractivity contribution is 0.169. The molecule has 0 aliphatic carbocycles. The summed E-state index contributed by atoms with van der Waals surface area (Å²) in [6, 6.07) is 3.01. The van der Waals surface area contributed by atoms with E-state index >= 15 is 0 Å². The minimum atomic E-state index is 0.258. The van der Waals surface area contributed by atoms with Crippen LogP contribution < -0.4 is 10.6 Å². The van der Waals surface area contributed by atoms with Crippen LogP contribution in [0.1, 0.15) is 63.4 Å². The summed E-state index contributed by atoms with van der Waals surface area (Å²) in [4.78, 5) is 9.56. The van der Waals surface area contributed by atoms with Gasteiger partial charge in [0.15, 0.2) is 0 Å². The van der Waals surface area contributed by atoms with Crippen molar-refractivity contribution < 1.29 is 0 Å². The average Bonchev–Trinajstić information content (AvgIpc) is 3.05. The maximum absolute atomic E-state index is 8.87. The fourth-order valence-electron chi connectivity index (χ4n) is 4.34. The molecule has 0 unspecified atom stereocenters. The zero-order valence-corrected chi connectivity index (χ0v) is 17.3. The minimum Gasteiger partial charge on any atom is -0.398 e. The van der Waals surface area contributed by atoms with Gasteiger partial charge >= 0.3 is 0 Å². The van der Waals surface area contributed by atoms with Crippen LogP contribution in [0, 0.1) is 5.41 Å². The van der Waals surface area contributed by atoms with Crippen LogP contribution in [-0.4, -0.2) is 50.5 Å². The second-order valence-electron chi connectivity index (χ2n) is 8.53. The Bertz CT molecular complexity index is 875. The molecule has 0 saturated carbocycles. The summed E-state index contributed by atoms with van der Waals surface area (Å²) < 4.78 is 1.95. The smallest absolute Gasteiger partial charge is 0.140 e. The molecule has 0 amide bonds. The number of rotatable bonds is 3. The van der Waals surface area contributed by atoms with E-state index in [1.807, 2.05) is 10.9 Å². The lowest BCUT2D eigenvalue weighted by atomic mass is 10.0. The molecule has 1 fully saturated rings. The predicted octanol–water partition coefficient (Wildman–Crippen LogP) is 3.05. The molecule has 3 N–H and O–H groups in total. The predicted molar refractivity (Wildman–Crippen MR) is 113 cm³/mol. The topological polar surface area (TPSA) is 87.1 Å². The van der Waals surface area contributed by atoms with E-state index in [9.17, 15) is 0 Å². The number of likely N-dealkylation sites (tertiary alicyclic amines) is 1. The lowest BCUT2D eigenvalue weighted by Gasteiger charge is -2.40. The highest BCUT2D eigenvalue weighted by Crippen LogP contribution is 2.35. The maximum Gasteiger partial charge on any atom is 0.140 e. The standard InChI is InChI=1S/C21H31N7/c1-13(2)26-9-6-15(7-10-26)27-12-18-16(11-28(25-18)14(3)4)20(23)19-17(22)5-8-24-21(19)27/h5,8,11,13-15,23H,6-7,9-10,12H2,1-4H3,(H2,22,24). The number of nitrogen functional groups attached to an aromatic ring is 1. The number of nitrogens with zero attached hydrogens (tertiary/aromatic N) is 5. The molecule has 7 heteroatoms. The highest BCUT2D eigenvalue weighted by molar-refractivity contribution is 6.17. The molecule has 0 bridgehead atoms. The monoisotopic (exact) mass is 381 g/mol. The summed E-state index contributed by atoms with van der Waals surface area (Å²) >= 11 is 0. The van der Waals surface area contributed by atoms with Crippen LogP contribution in [0.4, 0.5) is 11.5 Å². The van der Waals surface area contributed by atoms with Gasteiger partial charge in [0.05, 0.1) is 23.5 Å². The summed E-state index contributed by atoms with van der Waals surface area (Å²) in [5.74, 6) is 0.835. The molecule has 4 rings (SSSR count). The summed E-state index contributed by atoms with van der Waals surface area (Å²) in [5.41, 5.74) is 9.95. The van der Waals surface area contributed by atoms with Crippen LogP contribution in [0.25, 0.3) is 0 Å². The normalized spacial score (nSPS) is 18.5. The van der Waals surface area contributed by atoms with Gasteiger partial charge in [0.25, 0.3) is 0 Å². The van der Waals surface area contributed by atoms with Crippen molar-refractivity contribution in [3.63, 3.8) is 0 Å². The molecule has 4 heterocycles. The van der Waals surface area contributed by atoms with Gasteiger partial charge in [-0.05, 0) is 46.6 Å². The first-order chi connectivity index (χ1) is 13.4. The number of piperidine rings is 1. The summed E-state index contributed by atoms with van der Waals surface area (Å²) in [6.45, 7) is 11.6. The second-order valence-corrected chi connectivity index (χ2v) is 8.53. The third-order valence-corrected chi connectivity index (χ3v) is 6.08. The Hall–Kier alpha value is -2.41. The van der Waals surface area contributed by atoms with Crippen molar-refractivity contribution in [3.8, 4) is 0 Å². The van der Waals surface area contributed by atoms with Crippen LogP contribution >= 0.6 is 0 Å². The molecule has 2 aromatic rings. The van der Waals surface area contributed by atoms with Gasteiger partial charge in [-0.2, -0.15) is 5.10 Å². The Morgan fingerprint density at radius 2 is 1.86 bits per heavy atom. The summed E-state index contributed by atoms with van der Waals surface area (Å²) in [6.07, 6.45) is 5.92. The van der Waals surface area contributed by atoms with E-state index in [1.54, 1.807) is 12.3 Å². The molecule has 0 radical (unpaired) electrons. The largest absolute Gasteiger partial charge is 0.398 e. The van der Waals surface area contributed by atoms with E-state index in [2.05, 4.69) is 42.5 Å².